The van der Waals surface area contributed by atoms with Gasteiger partial charge < -0.3 is 14.4 Å². The van der Waals surface area contributed by atoms with E-state index in [2.05, 4.69) is 0 Å². The smallest absolute Gasteiger partial charge is 0.333 e. The number of ether oxygens (including phenoxy) is 2. The van der Waals surface area contributed by atoms with Gasteiger partial charge in [0, 0.05) is 18.7 Å². The number of esters is 1. The first-order valence-corrected chi connectivity index (χ1v) is 10.5. The van der Waals surface area contributed by atoms with Crippen molar-refractivity contribution in [1.82, 2.24) is 9.47 Å². The molecule has 1 amide bonds. The van der Waals surface area contributed by atoms with Crippen LogP contribution in [0.15, 0.2) is 23.0 Å². The lowest BCUT2D eigenvalue weighted by molar-refractivity contribution is -0.136. The summed E-state index contributed by atoms with van der Waals surface area (Å²) in [5.41, 5.74) is -0.455. The number of halogens is 2. The van der Waals surface area contributed by atoms with Gasteiger partial charge in [-0.1, -0.05) is 17.7 Å². The minimum atomic E-state index is -0.637. The van der Waals surface area contributed by atoms with Crippen molar-refractivity contribution in [3.05, 3.63) is 54.2 Å². The van der Waals surface area contributed by atoms with Crippen LogP contribution in [0.2, 0.25) is 5.02 Å². The zero-order valence-corrected chi connectivity index (χ0v) is 17.8. The number of benzene rings is 1. The van der Waals surface area contributed by atoms with Crippen LogP contribution < -0.4 is 14.8 Å². The van der Waals surface area contributed by atoms with Gasteiger partial charge in [-0.25, -0.2) is 9.18 Å². The Kier molecular flexibility index (Phi) is 7.41. The summed E-state index contributed by atoms with van der Waals surface area (Å²) in [6, 6.07) is 4.20. The molecular weight excluding hydrogens is 435 g/mol. The van der Waals surface area contributed by atoms with Crippen LogP contribution in [-0.2, 0) is 25.6 Å². The van der Waals surface area contributed by atoms with Crippen LogP contribution in [-0.4, -0.2) is 54.3 Å². The van der Waals surface area contributed by atoms with Gasteiger partial charge in [-0.3, -0.25) is 14.2 Å². The molecule has 0 radical (unpaired) electrons. The average Bonchev–Trinajstić information content (AvgIpc) is 3.00. The van der Waals surface area contributed by atoms with Gasteiger partial charge in [0.2, 0.25) is 5.91 Å². The standard InChI is InChI=1S/C20H20ClFN2O5S/c1-2-29-19(26)11-18-24(12-17(25)23-6-8-28-9-7-23)20(27)16(30-18)10-13-14(21)4-3-5-15(13)22/h3-5,10-11H,2,6-9,12H2,1H3. The maximum Gasteiger partial charge on any atom is 0.333 e. The molecule has 0 saturated carbocycles. The molecule has 30 heavy (non-hydrogen) atoms. The summed E-state index contributed by atoms with van der Waals surface area (Å²) >= 11 is 7.02. The number of amides is 1. The summed E-state index contributed by atoms with van der Waals surface area (Å²) < 4.78 is 25.9. The molecule has 3 rings (SSSR count). The van der Waals surface area contributed by atoms with Crippen LogP contribution in [0.25, 0.3) is 12.2 Å². The maximum absolute atomic E-state index is 14.2. The summed E-state index contributed by atoms with van der Waals surface area (Å²) in [6.07, 6.45) is 2.48. The molecule has 1 aliphatic heterocycles. The van der Waals surface area contributed by atoms with Gasteiger partial charge in [-0.15, -0.1) is 11.3 Å². The molecule has 0 N–H and O–H groups in total. The highest BCUT2D eigenvalue weighted by molar-refractivity contribution is 7.07. The van der Waals surface area contributed by atoms with Gasteiger partial charge >= 0.3 is 5.97 Å². The number of morpholine rings is 1. The number of rotatable bonds is 5. The monoisotopic (exact) mass is 454 g/mol. The van der Waals surface area contributed by atoms with Crippen LogP contribution >= 0.6 is 22.9 Å². The molecule has 2 aromatic rings. The second-order valence-corrected chi connectivity index (χ2v) is 7.83. The normalized spacial score (nSPS) is 15.5. The molecule has 0 atom stereocenters. The van der Waals surface area contributed by atoms with Gasteiger partial charge in [0.1, 0.15) is 17.0 Å². The molecular formula is C20H20ClFN2O5S. The SMILES string of the molecule is CCOC(=O)C=c1sc(=Cc2c(F)cccc2Cl)c(=O)n1CC(=O)N1CCOCC1. The molecule has 1 aromatic heterocycles. The first-order chi connectivity index (χ1) is 14.4. The van der Waals surface area contributed by atoms with E-state index < -0.39 is 17.3 Å². The minimum absolute atomic E-state index is 0.0619. The van der Waals surface area contributed by atoms with Crippen molar-refractivity contribution in [3.63, 3.8) is 0 Å². The minimum Gasteiger partial charge on any atom is -0.463 e. The van der Waals surface area contributed by atoms with Gasteiger partial charge in [0.05, 0.1) is 35.5 Å². The Balaban J connectivity index is 2.08. The van der Waals surface area contributed by atoms with Gasteiger partial charge in [0.15, 0.2) is 0 Å². The number of thiazole rings is 1. The van der Waals surface area contributed by atoms with Gasteiger partial charge in [0.25, 0.3) is 5.56 Å². The number of hydrogen-bond acceptors (Lipinski definition) is 6. The lowest BCUT2D eigenvalue weighted by Crippen LogP contribution is -2.45. The fourth-order valence-electron chi connectivity index (χ4n) is 2.91. The fourth-order valence-corrected chi connectivity index (χ4v) is 4.14. The maximum atomic E-state index is 14.2. The third-order valence-electron chi connectivity index (χ3n) is 4.40. The van der Waals surface area contributed by atoms with E-state index in [0.717, 1.165) is 17.4 Å². The molecule has 10 heteroatoms. The van der Waals surface area contributed by atoms with Crippen molar-refractivity contribution in [2.24, 2.45) is 0 Å². The Bertz CT molecular complexity index is 1100. The van der Waals surface area contributed by atoms with Crippen LogP contribution in [0.5, 0.6) is 0 Å². The molecule has 1 saturated heterocycles. The number of nitrogens with zero attached hydrogens (tertiary/aromatic N) is 2. The van der Waals surface area contributed by atoms with Crippen molar-refractivity contribution in [2.45, 2.75) is 13.5 Å². The largest absolute Gasteiger partial charge is 0.463 e. The van der Waals surface area contributed by atoms with E-state index in [0.29, 0.717) is 26.3 Å². The molecule has 7 nitrogen and oxygen atoms in total. The van der Waals surface area contributed by atoms with Crippen molar-refractivity contribution in [2.75, 3.05) is 32.9 Å². The third kappa shape index (κ3) is 5.16. The lowest BCUT2D eigenvalue weighted by Gasteiger charge is -2.26. The number of carbonyl (C=O) groups is 2. The summed E-state index contributed by atoms with van der Waals surface area (Å²) in [4.78, 5) is 39.2. The van der Waals surface area contributed by atoms with Crippen molar-refractivity contribution >= 4 is 47.0 Å². The van der Waals surface area contributed by atoms with Crippen LogP contribution in [0, 0.1) is 5.82 Å². The van der Waals surface area contributed by atoms with E-state index in [4.69, 9.17) is 21.1 Å². The molecule has 0 spiro atoms. The lowest BCUT2D eigenvalue weighted by atomic mass is 10.2. The van der Waals surface area contributed by atoms with E-state index in [1.54, 1.807) is 11.8 Å². The molecule has 1 aromatic carbocycles. The van der Waals surface area contributed by atoms with E-state index >= 15 is 0 Å². The highest BCUT2D eigenvalue weighted by Crippen LogP contribution is 2.19. The molecule has 0 aliphatic carbocycles. The topological polar surface area (TPSA) is 77.8 Å². The summed E-state index contributed by atoms with van der Waals surface area (Å²) in [5, 5.41) is 0.148. The predicted molar refractivity (Wildman–Crippen MR) is 111 cm³/mol. The Morgan fingerprint density at radius 3 is 2.73 bits per heavy atom. The third-order valence-corrected chi connectivity index (χ3v) is 5.79. The van der Waals surface area contributed by atoms with Crippen molar-refractivity contribution in [3.8, 4) is 0 Å². The van der Waals surface area contributed by atoms with Gasteiger partial charge in [-0.05, 0) is 25.1 Å². The quantitative estimate of drug-likeness (QED) is 0.623. The summed E-state index contributed by atoms with van der Waals surface area (Å²) in [7, 11) is 0. The number of hydrogen-bond donors (Lipinski definition) is 0. The molecule has 2 heterocycles. The predicted octanol–water partition coefficient (Wildman–Crippen LogP) is 0.734. The first-order valence-electron chi connectivity index (χ1n) is 9.30. The second-order valence-electron chi connectivity index (χ2n) is 6.37. The van der Waals surface area contributed by atoms with Crippen molar-refractivity contribution in [1.29, 1.82) is 0 Å². The van der Waals surface area contributed by atoms with E-state index in [1.807, 2.05) is 0 Å². The van der Waals surface area contributed by atoms with Crippen LogP contribution in [0.3, 0.4) is 0 Å². The molecule has 1 fully saturated rings. The second kappa shape index (κ2) is 10.0. The number of aromatic nitrogens is 1. The highest BCUT2D eigenvalue weighted by atomic mass is 35.5. The Hall–Kier alpha value is -2.49. The Morgan fingerprint density at radius 2 is 2.07 bits per heavy atom. The zero-order valence-electron chi connectivity index (χ0n) is 16.2. The highest BCUT2D eigenvalue weighted by Gasteiger charge is 2.19. The molecule has 0 unspecified atom stereocenters. The Morgan fingerprint density at radius 1 is 1.33 bits per heavy atom. The molecule has 1 aliphatic rings. The van der Waals surface area contributed by atoms with Gasteiger partial charge in [-0.2, -0.15) is 0 Å². The molecule has 160 valence electrons. The van der Waals surface area contributed by atoms with E-state index in [1.165, 1.54) is 28.8 Å². The first kappa shape index (κ1) is 22.2. The van der Waals surface area contributed by atoms with E-state index in [-0.39, 0.29) is 38.8 Å². The summed E-state index contributed by atoms with van der Waals surface area (Å²) in [5.74, 6) is -1.49. The zero-order chi connectivity index (χ0) is 21.7. The average molecular weight is 455 g/mol. The number of carbonyl (C=O) groups excluding carboxylic acids is 2. The van der Waals surface area contributed by atoms with Crippen molar-refractivity contribution < 1.29 is 23.5 Å². The van der Waals surface area contributed by atoms with Crippen LogP contribution in [0.1, 0.15) is 12.5 Å². The fraction of sp³-hybridized carbons (Fsp3) is 0.350. The summed E-state index contributed by atoms with van der Waals surface area (Å²) in [6.45, 7) is 3.29. The Labute approximate surface area is 180 Å². The van der Waals surface area contributed by atoms with E-state index in [9.17, 15) is 18.8 Å². The van der Waals surface area contributed by atoms with Crippen LogP contribution in [0.4, 0.5) is 4.39 Å². The molecule has 0 bridgehead atoms.